The average Bonchev–Trinajstić information content (AvgIpc) is 2.73. The molecule has 16 heavy (non-hydrogen) atoms. The molecule has 1 unspecified atom stereocenters. The van der Waals surface area contributed by atoms with Gasteiger partial charge < -0.3 is 15.2 Å². The van der Waals surface area contributed by atoms with Crippen molar-refractivity contribution in [3.8, 4) is 17.6 Å². The third-order valence-corrected chi connectivity index (χ3v) is 2.63. The second-order valence-corrected chi connectivity index (χ2v) is 4.22. The van der Waals surface area contributed by atoms with Gasteiger partial charge in [-0.15, -0.1) is 0 Å². The van der Waals surface area contributed by atoms with E-state index in [0.717, 1.165) is 23.5 Å². The Bertz CT molecular complexity index is 435. The van der Waals surface area contributed by atoms with Crippen LogP contribution in [0.15, 0.2) is 18.2 Å². The molecule has 0 spiro atoms. The van der Waals surface area contributed by atoms with Gasteiger partial charge in [0, 0.05) is 0 Å². The minimum atomic E-state index is -0.767. The van der Waals surface area contributed by atoms with Crippen molar-refractivity contribution in [2.45, 2.75) is 25.3 Å². The van der Waals surface area contributed by atoms with E-state index >= 15 is 0 Å². The van der Waals surface area contributed by atoms with Crippen LogP contribution in [0.1, 0.15) is 18.9 Å². The maximum atomic E-state index is 8.81. The van der Waals surface area contributed by atoms with E-state index in [4.69, 9.17) is 20.5 Å². The van der Waals surface area contributed by atoms with Gasteiger partial charge in [0.2, 0.25) is 6.79 Å². The third kappa shape index (κ3) is 2.26. The molecule has 2 rings (SSSR count). The van der Waals surface area contributed by atoms with Gasteiger partial charge in [0.15, 0.2) is 11.5 Å². The Kier molecular flexibility index (Phi) is 2.71. The quantitative estimate of drug-likeness (QED) is 0.836. The topological polar surface area (TPSA) is 68.3 Å². The number of hydrogen-bond donors (Lipinski definition) is 1. The number of benzene rings is 1. The van der Waals surface area contributed by atoms with Gasteiger partial charge >= 0.3 is 0 Å². The molecular weight excluding hydrogens is 204 g/mol. The van der Waals surface area contributed by atoms with Crippen LogP contribution in [0.25, 0.3) is 0 Å². The van der Waals surface area contributed by atoms with Crippen molar-refractivity contribution in [1.29, 1.82) is 5.26 Å². The van der Waals surface area contributed by atoms with Crippen molar-refractivity contribution in [3.63, 3.8) is 0 Å². The molecule has 4 nitrogen and oxygen atoms in total. The van der Waals surface area contributed by atoms with Gasteiger partial charge in [0.25, 0.3) is 0 Å². The summed E-state index contributed by atoms with van der Waals surface area (Å²) in [6, 6.07) is 7.89. The van der Waals surface area contributed by atoms with Gasteiger partial charge in [0.1, 0.15) is 5.54 Å². The SMILES string of the molecule is CC(N)(C#N)CCc1ccc2c(c1)OCO2. The van der Waals surface area contributed by atoms with E-state index < -0.39 is 5.54 Å². The predicted octanol–water partition coefficient (Wildman–Crippen LogP) is 1.59. The Hall–Kier alpha value is -1.73. The van der Waals surface area contributed by atoms with Crippen LogP contribution >= 0.6 is 0 Å². The molecule has 1 atom stereocenters. The maximum absolute atomic E-state index is 8.81. The van der Waals surface area contributed by atoms with Crippen LogP contribution < -0.4 is 15.2 Å². The van der Waals surface area contributed by atoms with Crippen molar-refractivity contribution < 1.29 is 9.47 Å². The molecule has 0 fully saturated rings. The Balaban J connectivity index is 2.04. The monoisotopic (exact) mass is 218 g/mol. The zero-order chi connectivity index (χ0) is 11.6. The van der Waals surface area contributed by atoms with Gasteiger partial charge in [-0.2, -0.15) is 5.26 Å². The van der Waals surface area contributed by atoms with Crippen LogP contribution in [-0.2, 0) is 6.42 Å². The first kappa shape index (κ1) is 10.8. The highest BCUT2D eigenvalue weighted by molar-refractivity contribution is 5.44. The van der Waals surface area contributed by atoms with Crippen LogP contribution in [0, 0.1) is 11.3 Å². The molecule has 0 saturated heterocycles. The highest BCUT2D eigenvalue weighted by atomic mass is 16.7. The number of nitrogens with zero attached hydrogens (tertiary/aromatic N) is 1. The van der Waals surface area contributed by atoms with E-state index in [1.165, 1.54) is 0 Å². The van der Waals surface area contributed by atoms with Crippen LogP contribution in [0.3, 0.4) is 0 Å². The Morgan fingerprint density at radius 3 is 2.94 bits per heavy atom. The first-order chi connectivity index (χ1) is 7.61. The lowest BCUT2D eigenvalue weighted by Crippen LogP contribution is -2.34. The standard InChI is InChI=1S/C12H14N2O2/c1-12(14,7-13)5-4-9-2-3-10-11(6-9)16-8-15-10/h2-3,6H,4-5,8,14H2,1H3. The van der Waals surface area contributed by atoms with Gasteiger partial charge in [-0.3, -0.25) is 0 Å². The fraction of sp³-hybridized carbons (Fsp3) is 0.417. The molecule has 0 amide bonds. The lowest BCUT2D eigenvalue weighted by Gasteiger charge is -2.14. The predicted molar refractivity (Wildman–Crippen MR) is 59.1 cm³/mol. The van der Waals surface area contributed by atoms with Gasteiger partial charge in [-0.25, -0.2) is 0 Å². The summed E-state index contributed by atoms with van der Waals surface area (Å²) in [5.74, 6) is 1.55. The van der Waals surface area contributed by atoms with E-state index in [9.17, 15) is 0 Å². The minimum absolute atomic E-state index is 0.283. The smallest absolute Gasteiger partial charge is 0.231 e. The largest absolute Gasteiger partial charge is 0.454 e. The zero-order valence-electron chi connectivity index (χ0n) is 9.19. The number of nitrogens with two attached hydrogens (primary N) is 1. The highest BCUT2D eigenvalue weighted by Crippen LogP contribution is 2.32. The summed E-state index contributed by atoms with van der Waals surface area (Å²) >= 11 is 0. The number of nitriles is 1. The van der Waals surface area contributed by atoms with Gasteiger partial charge in [-0.05, 0) is 37.5 Å². The van der Waals surface area contributed by atoms with E-state index in [2.05, 4.69) is 6.07 Å². The normalized spacial score (nSPS) is 16.6. The summed E-state index contributed by atoms with van der Waals surface area (Å²) in [6.45, 7) is 2.02. The van der Waals surface area contributed by atoms with Crippen LogP contribution in [0.5, 0.6) is 11.5 Å². The number of ether oxygens (including phenoxy) is 2. The molecule has 0 aliphatic carbocycles. The third-order valence-electron chi connectivity index (χ3n) is 2.63. The summed E-state index contributed by atoms with van der Waals surface area (Å²) < 4.78 is 10.5. The molecule has 1 aliphatic rings. The van der Waals surface area contributed by atoms with Crippen LogP contribution in [-0.4, -0.2) is 12.3 Å². The number of fused-ring (bicyclic) bond motifs is 1. The van der Waals surface area contributed by atoms with E-state index in [1.54, 1.807) is 6.92 Å². The fourth-order valence-electron chi connectivity index (χ4n) is 1.56. The summed E-state index contributed by atoms with van der Waals surface area (Å²) in [5, 5.41) is 8.81. The second-order valence-electron chi connectivity index (χ2n) is 4.22. The molecular formula is C12H14N2O2. The van der Waals surface area contributed by atoms with Crippen LogP contribution in [0.2, 0.25) is 0 Å². The molecule has 0 bridgehead atoms. The molecule has 1 aromatic rings. The van der Waals surface area contributed by atoms with Crippen LogP contribution in [0.4, 0.5) is 0 Å². The second kappa shape index (κ2) is 4.03. The fourth-order valence-corrected chi connectivity index (χ4v) is 1.56. The Morgan fingerprint density at radius 1 is 1.44 bits per heavy atom. The number of aryl methyl sites for hydroxylation is 1. The molecule has 1 aliphatic heterocycles. The molecule has 0 aromatic heterocycles. The van der Waals surface area contributed by atoms with Crippen molar-refractivity contribution in [1.82, 2.24) is 0 Å². The highest BCUT2D eigenvalue weighted by Gasteiger charge is 2.18. The van der Waals surface area contributed by atoms with Crippen molar-refractivity contribution in [3.05, 3.63) is 23.8 Å². The molecule has 0 saturated carbocycles. The Morgan fingerprint density at radius 2 is 2.19 bits per heavy atom. The van der Waals surface area contributed by atoms with E-state index in [0.29, 0.717) is 6.42 Å². The van der Waals surface area contributed by atoms with Gasteiger partial charge in [-0.1, -0.05) is 6.07 Å². The summed E-state index contributed by atoms with van der Waals surface area (Å²) in [6.07, 6.45) is 1.39. The van der Waals surface area contributed by atoms with Crippen molar-refractivity contribution >= 4 is 0 Å². The number of hydrogen-bond acceptors (Lipinski definition) is 4. The lowest BCUT2D eigenvalue weighted by atomic mass is 9.96. The maximum Gasteiger partial charge on any atom is 0.231 e. The van der Waals surface area contributed by atoms with Crippen molar-refractivity contribution in [2.75, 3.05) is 6.79 Å². The summed E-state index contributed by atoms with van der Waals surface area (Å²) in [5.41, 5.74) is 6.10. The molecule has 2 N–H and O–H groups in total. The van der Waals surface area contributed by atoms with E-state index in [1.807, 2.05) is 18.2 Å². The Labute approximate surface area is 94.6 Å². The molecule has 1 heterocycles. The first-order valence-electron chi connectivity index (χ1n) is 5.19. The zero-order valence-corrected chi connectivity index (χ0v) is 9.19. The number of rotatable bonds is 3. The molecule has 84 valence electrons. The first-order valence-corrected chi connectivity index (χ1v) is 5.19. The lowest BCUT2D eigenvalue weighted by molar-refractivity contribution is 0.174. The van der Waals surface area contributed by atoms with E-state index in [-0.39, 0.29) is 6.79 Å². The van der Waals surface area contributed by atoms with Gasteiger partial charge in [0.05, 0.1) is 6.07 Å². The summed E-state index contributed by atoms with van der Waals surface area (Å²) in [4.78, 5) is 0. The van der Waals surface area contributed by atoms with Crippen molar-refractivity contribution in [2.24, 2.45) is 5.73 Å². The average molecular weight is 218 g/mol. The minimum Gasteiger partial charge on any atom is -0.454 e. The summed E-state index contributed by atoms with van der Waals surface area (Å²) in [7, 11) is 0. The molecule has 0 radical (unpaired) electrons. The molecule has 4 heteroatoms. The molecule has 1 aromatic carbocycles.